The van der Waals surface area contributed by atoms with Gasteiger partial charge < -0.3 is 0 Å². The molecular weight excluding hydrogens is 399 g/mol. The van der Waals surface area contributed by atoms with Crippen molar-refractivity contribution in [2.75, 3.05) is 13.3 Å². The summed E-state index contributed by atoms with van der Waals surface area (Å²) in [5.74, 6) is 1.09. The molecule has 4 rings (SSSR count). The maximum absolute atomic E-state index is 13.5. The number of halogens is 1. The molecule has 0 radical (unpaired) electrons. The third kappa shape index (κ3) is 4.49. The van der Waals surface area contributed by atoms with Crippen molar-refractivity contribution < 1.29 is 12.8 Å². The quantitative estimate of drug-likeness (QED) is 0.674. The molecular formula is C24H29FN2O2S. The van der Waals surface area contributed by atoms with E-state index < -0.39 is 10.0 Å². The fraction of sp³-hybridized carbons (Fsp3) is 0.458. The van der Waals surface area contributed by atoms with Crippen LogP contribution in [-0.2, 0) is 10.0 Å². The maximum Gasteiger partial charge on any atom is 0.211 e. The van der Waals surface area contributed by atoms with E-state index in [1.807, 2.05) is 24.3 Å². The van der Waals surface area contributed by atoms with Crippen molar-refractivity contribution in [3.63, 3.8) is 0 Å². The first-order valence-electron chi connectivity index (χ1n) is 10.7. The van der Waals surface area contributed by atoms with Gasteiger partial charge in [-0.3, -0.25) is 4.98 Å². The summed E-state index contributed by atoms with van der Waals surface area (Å²) < 4.78 is 39.4. The zero-order chi connectivity index (χ0) is 21.3. The van der Waals surface area contributed by atoms with Gasteiger partial charge in [-0.1, -0.05) is 43.5 Å². The van der Waals surface area contributed by atoms with Crippen LogP contribution in [0.3, 0.4) is 0 Å². The second-order valence-electron chi connectivity index (χ2n) is 8.71. The third-order valence-electron chi connectivity index (χ3n) is 6.87. The molecule has 4 nitrogen and oxygen atoms in total. The number of aromatic nitrogens is 1. The molecule has 2 fully saturated rings. The van der Waals surface area contributed by atoms with Crippen LogP contribution in [0.5, 0.6) is 0 Å². The first-order chi connectivity index (χ1) is 14.3. The third-order valence-corrected chi connectivity index (χ3v) is 8.19. The van der Waals surface area contributed by atoms with Crippen molar-refractivity contribution in [1.29, 1.82) is 0 Å². The van der Waals surface area contributed by atoms with Gasteiger partial charge in [-0.2, -0.15) is 0 Å². The van der Waals surface area contributed by atoms with Crippen LogP contribution in [0.15, 0.2) is 48.7 Å². The van der Waals surface area contributed by atoms with E-state index >= 15 is 0 Å². The monoisotopic (exact) mass is 428 g/mol. The van der Waals surface area contributed by atoms with Crippen LogP contribution in [0.4, 0.5) is 4.39 Å². The van der Waals surface area contributed by atoms with Gasteiger partial charge in [0.05, 0.1) is 11.9 Å². The van der Waals surface area contributed by atoms with Crippen molar-refractivity contribution in [2.24, 2.45) is 17.8 Å². The summed E-state index contributed by atoms with van der Waals surface area (Å²) in [6.45, 7) is 0. The minimum atomic E-state index is -3.23. The topological polar surface area (TPSA) is 50.3 Å². The highest BCUT2D eigenvalue weighted by molar-refractivity contribution is 7.88. The van der Waals surface area contributed by atoms with Crippen LogP contribution >= 0.6 is 0 Å². The van der Waals surface area contributed by atoms with Crippen LogP contribution in [0.25, 0.3) is 17.2 Å². The lowest BCUT2D eigenvalue weighted by molar-refractivity contribution is 0.243. The summed E-state index contributed by atoms with van der Waals surface area (Å²) in [5.41, 5.74) is 2.50. The molecule has 4 atom stereocenters. The van der Waals surface area contributed by atoms with Gasteiger partial charge in [0.25, 0.3) is 0 Å². The summed E-state index contributed by atoms with van der Waals surface area (Å²) >= 11 is 0. The lowest BCUT2D eigenvalue weighted by Gasteiger charge is -2.30. The summed E-state index contributed by atoms with van der Waals surface area (Å²) in [6, 6.07) is 10.4. The molecule has 1 aromatic heterocycles. The standard InChI is InChI=1S/C24H29FN2O2S/c1-27(30(2,28)29)24-15-18-6-3-4-9-22(18)23(24)13-12-21-11-10-19(16-26-21)17-7-5-8-20(25)14-17/h5,7-8,10-14,16,18,22-24H,3-4,6,9,15H2,1-2H3/t18-,22-,23+,24+/m1/s1. The van der Waals surface area contributed by atoms with Gasteiger partial charge in [0, 0.05) is 24.8 Å². The van der Waals surface area contributed by atoms with Crippen LogP contribution < -0.4 is 0 Å². The van der Waals surface area contributed by atoms with Gasteiger partial charge in [0.15, 0.2) is 0 Å². The molecule has 2 aliphatic carbocycles. The van der Waals surface area contributed by atoms with Crippen LogP contribution in [-0.4, -0.2) is 37.1 Å². The SMILES string of the molecule is CN([C@H]1C[C@H]2CCCC[C@H]2[C@@H]1C=Cc1ccc(-c2cccc(F)c2)cn1)S(C)(=O)=O. The minimum absolute atomic E-state index is 0.0101. The summed E-state index contributed by atoms with van der Waals surface area (Å²) in [4.78, 5) is 4.53. The first-order valence-corrected chi connectivity index (χ1v) is 12.5. The van der Waals surface area contributed by atoms with E-state index in [0.29, 0.717) is 11.8 Å². The van der Waals surface area contributed by atoms with Gasteiger partial charge in [0.2, 0.25) is 10.0 Å². The zero-order valence-corrected chi connectivity index (χ0v) is 18.4. The van der Waals surface area contributed by atoms with E-state index in [2.05, 4.69) is 11.1 Å². The van der Waals surface area contributed by atoms with Gasteiger partial charge >= 0.3 is 0 Å². The van der Waals surface area contributed by atoms with Crippen molar-refractivity contribution in [3.05, 3.63) is 60.2 Å². The molecule has 30 heavy (non-hydrogen) atoms. The van der Waals surface area contributed by atoms with Crippen LogP contribution in [0, 0.1) is 23.6 Å². The van der Waals surface area contributed by atoms with Crippen molar-refractivity contribution in [1.82, 2.24) is 9.29 Å². The van der Waals surface area contributed by atoms with Gasteiger partial charge in [0.1, 0.15) is 5.82 Å². The molecule has 0 unspecified atom stereocenters. The molecule has 6 heteroatoms. The highest BCUT2D eigenvalue weighted by Crippen LogP contribution is 2.48. The second-order valence-corrected chi connectivity index (χ2v) is 10.8. The van der Waals surface area contributed by atoms with Crippen molar-refractivity contribution >= 4 is 16.1 Å². The number of pyridine rings is 1. The predicted octanol–water partition coefficient (Wildman–Crippen LogP) is 4.99. The Morgan fingerprint density at radius 2 is 1.93 bits per heavy atom. The van der Waals surface area contributed by atoms with E-state index in [9.17, 15) is 12.8 Å². The van der Waals surface area contributed by atoms with Crippen LogP contribution in [0.1, 0.15) is 37.8 Å². The fourth-order valence-electron chi connectivity index (χ4n) is 5.25. The minimum Gasteiger partial charge on any atom is -0.256 e. The average Bonchev–Trinajstić information content (AvgIpc) is 3.10. The largest absolute Gasteiger partial charge is 0.256 e. The molecule has 0 amide bonds. The Labute approximate surface area is 178 Å². The lowest BCUT2D eigenvalue weighted by Crippen LogP contribution is -2.39. The molecule has 1 aromatic carbocycles. The molecule has 2 saturated carbocycles. The van der Waals surface area contributed by atoms with Crippen molar-refractivity contribution in [2.45, 2.75) is 38.1 Å². The Balaban J connectivity index is 1.55. The second kappa shape index (κ2) is 8.60. The summed E-state index contributed by atoms with van der Waals surface area (Å²) in [5, 5.41) is 0. The van der Waals surface area contributed by atoms with Gasteiger partial charge in [-0.25, -0.2) is 17.1 Å². The highest BCUT2D eigenvalue weighted by atomic mass is 32.2. The number of fused-ring (bicyclic) bond motifs is 1. The van der Waals surface area contributed by atoms with E-state index in [4.69, 9.17) is 0 Å². The molecule has 0 saturated heterocycles. The number of benzene rings is 1. The van der Waals surface area contributed by atoms with E-state index in [-0.39, 0.29) is 17.8 Å². The molecule has 160 valence electrons. The highest BCUT2D eigenvalue weighted by Gasteiger charge is 2.45. The Bertz CT molecular complexity index is 1020. The predicted molar refractivity (Wildman–Crippen MR) is 119 cm³/mol. The first kappa shape index (κ1) is 21.2. The van der Waals surface area contributed by atoms with Crippen molar-refractivity contribution in [3.8, 4) is 11.1 Å². The number of hydrogen-bond acceptors (Lipinski definition) is 3. The normalized spacial score (nSPS) is 26.9. The Morgan fingerprint density at radius 3 is 2.63 bits per heavy atom. The Morgan fingerprint density at radius 1 is 1.13 bits per heavy atom. The summed E-state index contributed by atoms with van der Waals surface area (Å²) in [6.07, 6.45) is 13.0. The molecule has 2 aliphatic rings. The number of nitrogens with zero attached hydrogens (tertiary/aromatic N) is 2. The molecule has 0 N–H and O–H groups in total. The fourth-order valence-corrected chi connectivity index (χ4v) is 5.97. The zero-order valence-electron chi connectivity index (χ0n) is 17.5. The number of rotatable bonds is 5. The van der Waals surface area contributed by atoms with Crippen LogP contribution in [0.2, 0.25) is 0 Å². The van der Waals surface area contributed by atoms with Gasteiger partial charge in [-0.15, -0.1) is 0 Å². The van der Waals surface area contributed by atoms with E-state index in [0.717, 1.165) is 23.2 Å². The Kier molecular flexibility index (Phi) is 6.07. The lowest BCUT2D eigenvalue weighted by atomic mass is 9.78. The molecule has 1 heterocycles. The maximum atomic E-state index is 13.5. The van der Waals surface area contributed by atoms with E-state index in [1.54, 1.807) is 23.6 Å². The number of sulfonamides is 1. The average molecular weight is 429 g/mol. The summed E-state index contributed by atoms with van der Waals surface area (Å²) in [7, 11) is -1.52. The molecule has 2 aromatic rings. The number of hydrogen-bond donors (Lipinski definition) is 0. The molecule has 0 spiro atoms. The molecule has 0 aliphatic heterocycles. The van der Waals surface area contributed by atoms with Gasteiger partial charge in [-0.05, 0) is 60.4 Å². The van der Waals surface area contributed by atoms with E-state index in [1.165, 1.54) is 44.1 Å². The Hall–Kier alpha value is -2.05. The smallest absolute Gasteiger partial charge is 0.211 e. The molecule has 0 bridgehead atoms.